The number of esters is 1. The molecule has 2 aromatic heterocycles. The normalized spacial score (nSPS) is 10.9. The summed E-state index contributed by atoms with van der Waals surface area (Å²) in [5.41, 5.74) is 8.56. The fraction of sp³-hybridized carbons (Fsp3) is 0.250. The first-order chi connectivity index (χ1) is 11.6. The monoisotopic (exact) mass is 360 g/mol. The SMILES string of the molecule is CCOC(=O)c1c(CSc2nnc(N)s2)nc2ccccc2c1C. The minimum Gasteiger partial charge on any atom is -0.462 e. The average molecular weight is 360 g/mol. The predicted molar refractivity (Wildman–Crippen MR) is 96.3 cm³/mol. The summed E-state index contributed by atoms with van der Waals surface area (Å²) in [6.07, 6.45) is 0. The zero-order valence-electron chi connectivity index (χ0n) is 13.3. The first-order valence-corrected chi connectivity index (χ1v) is 9.17. The third-order valence-electron chi connectivity index (χ3n) is 3.46. The van der Waals surface area contributed by atoms with Crippen LogP contribution in [0.3, 0.4) is 0 Å². The predicted octanol–water partition coefficient (Wildman–Crippen LogP) is 3.45. The number of rotatable bonds is 5. The van der Waals surface area contributed by atoms with Crippen LogP contribution in [0, 0.1) is 6.92 Å². The molecule has 0 aliphatic carbocycles. The van der Waals surface area contributed by atoms with Gasteiger partial charge in [0, 0.05) is 11.1 Å². The van der Waals surface area contributed by atoms with Gasteiger partial charge in [-0.1, -0.05) is 41.3 Å². The Morgan fingerprint density at radius 3 is 2.83 bits per heavy atom. The van der Waals surface area contributed by atoms with Crippen LogP contribution in [0.4, 0.5) is 5.13 Å². The van der Waals surface area contributed by atoms with Gasteiger partial charge in [-0.15, -0.1) is 10.2 Å². The smallest absolute Gasteiger partial charge is 0.340 e. The van der Waals surface area contributed by atoms with Gasteiger partial charge in [0.15, 0.2) is 4.34 Å². The van der Waals surface area contributed by atoms with E-state index in [1.807, 2.05) is 31.2 Å². The van der Waals surface area contributed by atoms with Crippen LogP contribution >= 0.6 is 23.1 Å². The molecule has 0 radical (unpaired) electrons. The molecule has 0 fully saturated rings. The van der Waals surface area contributed by atoms with Gasteiger partial charge in [-0.2, -0.15) is 0 Å². The maximum atomic E-state index is 12.4. The Hall–Kier alpha value is -2.19. The van der Waals surface area contributed by atoms with E-state index in [9.17, 15) is 4.79 Å². The quantitative estimate of drug-likeness (QED) is 0.550. The van der Waals surface area contributed by atoms with Gasteiger partial charge in [-0.25, -0.2) is 4.79 Å². The molecule has 0 atom stereocenters. The molecule has 0 bridgehead atoms. The molecular weight excluding hydrogens is 344 g/mol. The number of aromatic nitrogens is 3. The second-order valence-electron chi connectivity index (χ2n) is 4.99. The number of fused-ring (bicyclic) bond motifs is 1. The number of nitrogens with zero attached hydrogens (tertiary/aromatic N) is 3. The number of ether oxygens (including phenoxy) is 1. The van der Waals surface area contributed by atoms with Crippen LogP contribution in [0.15, 0.2) is 28.6 Å². The third kappa shape index (κ3) is 3.34. The second kappa shape index (κ2) is 7.14. The van der Waals surface area contributed by atoms with Gasteiger partial charge in [0.2, 0.25) is 5.13 Å². The highest BCUT2D eigenvalue weighted by atomic mass is 32.2. The number of anilines is 1. The largest absolute Gasteiger partial charge is 0.462 e. The van der Waals surface area contributed by atoms with Crippen molar-refractivity contribution in [2.75, 3.05) is 12.3 Å². The fourth-order valence-corrected chi connectivity index (χ4v) is 4.01. The Balaban J connectivity index is 2.02. The molecule has 0 spiro atoms. The lowest BCUT2D eigenvalue weighted by atomic mass is 10.0. The van der Waals surface area contributed by atoms with E-state index in [0.717, 1.165) is 20.8 Å². The molecule has 2 N–H and O–H groups in total. The van der Waals surface area contributed by atoms with Crippen LogP contribution in [0.2, 0.25) is 0 Å². The van der Waals surface area contributed by atoms with E-state index in [2.05, 4.69) is 15.2 Å². The Kier molecular flexibility index (Phi) is 4.96. The highest BCUT2D eigenvalue weighted by Crippen LogP contribution is 2.30. The van der Waals surface area contributed by atoms with Gasteiger partial charge in [0.25, 0.3) is 0 Å². The maximum Gasteiger partial charge on any atom is 0.340 e. The van der Waals surface area contributed by atoms with Crippen LogP contribution in [0.1, 0.15) is 28.5 Å². The maximum absolute atomic E-state index is 12.4. The van der Waals surface area contributed by atoms with Crippen molar-refractivity contribution in [1.29, 1.82) is 0 Å². The van der Waals surface area contributed by atoms with Gasteiger partial charge in [-0.05, 0) is 25.5 Å². The summed E-state index contributed by atoms with van der Waals surface area (Å²) < 4.78 is 5.97. The number of benzene rings is 1. The summed E-state index contributed by atoms with van der Waals surface area (Å²) in [6.45, 7) is 4.04. The molecule has 24 heavy (non-hydrogen) atoms. The molecule has 124 valence electrons. The molecule has 8 heteroatoms. The average Bonchev–Trinajstić information content (AvgIpc) is 2.98. The van der Waals surface area contributed by atoms with Crippen molar-refractivity contribution in [2.45, 2.75) is 23.9 Å². The van der Waals surface area contributed by atoms with Crippen molar-refractivity contribution in [3.05, 3.63) is 41.1 Å². The van der Waals surface area contributed by atoms with Crippen LogP contribution in [-0.4, -0.2) is 27.8 Å². The Bertz CT molecular complexity index is 895. The zero-order valence-corrected chi connectivity index (χ0v) is 14.9. The Morgan fingerprint density at radius 2 is 2.12 bits per heavy atom. The molecule has 0 saturated heterocycles. The lowest BCUT2D eigenvalue weighted by Gasteiger charge is -2.13. The molecule has 2 heterocycles. The van der Waals surface area contributed by atoms with Crippen LogP contribution in [0.25, 0.3) is 10.9 Å². The fourth-order valence-electron chi connectivity index (χ4n) is 2.43. The number of aryl methyl sites for hydroxylation is 1. The van der Waals surface area contributed by atoms with Gasteiger partial charge >= 0.3 is 5.97 Å². The van der Waals surface area contributed by atoms with Crippen molar-refractivity contribution in [1.82, 2.24) is 15.2 Å². The number of nitrogens with two attached hydrogens (primary N) is 1. The van der Waals surface area contributed by atoms with E-state index in [-0.39, 0.29) is 5.97 Å². The van der Waals surface area contributed by atoms with Gasteiger partial charge in [0.1, 0.15) is 0 Å². The number of para-hydroxylation sites is 1. The second-order valence-corrected chi connectivity index (χ2v) is 7.22. The summed E-state index contributed by atoms with van der Waals surface area (Å²) in [7, 11) is 0. The molecule has 6 nitrogen and oxygen atoms in total. The number of hydrogen-bond acceptors (Lipinski definition) is 8. The van der Waals surface area contributed by atoms with E-state index in [0.29, 0.717) is 28.7 Å². The molecule has 0 aliphatic heterocycles. The van der Waals surface area contributed by atoms with Crippen molar-refractivity contribution in [3.8, 4) is 0 Å². The number of thioether (sulfide) groups is 1. The number of carbonyl (C=O) groups is 1. The molecular formula is C16H16N4O2S2. The van der Waals surface area contributed by atoms with Crippen molar-refractivity contribution >= 4 is 45.1 Å². The molecule has 0 saturated carbocycles. The van der Waals surface area contributed by atoms with Crippen LogP contribution in [-0.2, 0) is 10.5 Å². The van der Waals surface area contributed by atoms with Gasteiger partial charge < -0.3 is 10.5 Å². The molecule has 0 amide bonds. The molecule has 1 aromatic carbocycles. The third-order valence-corrected chi connectivity index (χ3v) is 5.36. The minimum atomic E-state index is -0.347. The van der Waals surface area contributed by atoms with E-state index in [4.69, 9.17) is 10.5 Å². The molecule has 0 unspecified atom stereocenters. The molecule has 0 aliphatic rings. The van der Waals surface area contributed by atoms with Gasteiger partial charge in [-0.3, -0.25) is 4.98 Å². The summed E-state index contributed by atoms with van der Waals surface area (Å²) in [5.74, 6) is 0.148. The van der Waals surface area contributed by atoms with E-state index in [1.54, 1.807) is 6.92 Å². The summed E-state index contributed by atoms with van der Waals surface area (Å²) in [4.78, 5) is 17.1. The topological polar surface area (TPSA) is 91.0 Å². The summed E-state index contributed by atoms with van der Waals surface area (Å²) in [5, 5.41) is 9.16. The molecule has 3 aromatic rings. The van der Waals surface area contributed by atoms with E-state index < -0.39 is 0 Å². The van der Waals surface area contributed by atoms with Gasteiger partial charge in [0.05, 0.1) is 23.4 Å². The first-order valence-electron chi connectivity index (χ1n) is 7.37. The highest BCUT2D eigenvalue weighted by molar-refractivity contribution is 8.00. The van der Waals surface area contributed by atoms with Crippen molar-refractivity contribution < 1.29 is 9.53 Å². The Morgan fingerprint density at radius 1 is 1.33 bits per heavy atom. The summed E-state index contributed by atoms with van der Waals surface area (Å²) >= 11 is 2.77. The van der Waals surface area contributed by atoms with E-state index >= 15 is 0 Å². The molecule has 3 rings (SSSR count). The standard InChI is InChI=1S/C16H16N4O2S2/c1-3-22-14(21)13-9(2)10-6-4-5-7-11(10)18-12(13)8-23-16-20-19-15(17)24-16/h4-7H,3,8H2,1-2H3,(H2,17,19). The lowest BCUT2D eigenvalue weighted by Crippen LogP contribution is -2.12. The Labute approximate surface area is 147 Å². The van der Waals surface area contributed by atoms with Crippen molar-refractivity contribution in [3.63, 3.8) is 0 Å². The number of pyridine rings is 1. The first kappa shape index (κ1) is 16.7. The zero-order chi connectivity index (χ0) is 17.1. The van der Waals surface area contributed by atoms with Crippen LogP contribution < -0.4 is 5.73 Å². The minimum absolute atomic E-state index is 0.324. The van der Waals surface area contributed by atoms with E-state index in [1.165, 1.54) is 23.1 Å². The summed E-state index contributed by atoms with van der Waals surface area (Å²) in [6, 6.07) is 7.77. The number of hydrogen-bond donors (Lipinski definition) is 1. The van der Waals surface area contributed by atoms with Crippen LogP contribution in [0.5, 0.6) is 0 Å². The highest BCUT2D eigenvalue weighted by Gasteiger charge is 2.20. The lowest BCUT2D eigenvalue weighted by molar-refractivity contribution is 0.0524. The number of carbonyl (C=O) groups excluding carboxylic acids is 1. The van der Waals surface area contributed by atoms with Crippen molar-refractivity contribution in [2.24, 2.45) is 0 Å². The number of nitrogen functional groups attached to an aromatic ring is 1.